The summed E-state index contributed by atoms with van der Waals surface area (Å²) in [4.78, 5) is -0.212. The van der Waals surface area contributed by atoms with E-state index in [9.17, 15) is 12.2 Å². The molecule has 0 bridgehead atoms. The third-order valence-electron chi connectivity index (χ3n) is 2.69. The molecule has 0 aliphatic rings. The molecular formula is C12H11AsNaO6S+. The average molecular weight is 381 g/mol. The predicted molar refractivity (Wildman–Crippen MR) is 72.2 cm³/mol. The third-order valence-corrected chi connectivity index (χ3v) is 5.59. The van der Waals surface area contributed by atoms with Crippen molar-refractivity contribution < 1.29 is 54.5 Å². The summed E-state index contributed by atoms with van der Waals surface area (Å²) >= 11 is -4.89. The van der Waals surface area contributed by atoms with E-state index in [1.165, 1.54) is 48.5 Å². The SMILES string of the molecule is O=S(=O)(O)c1ccc(-c2ccc([As](=O)(O)O)cc2)cc1.[Na+]. The Balaban J connectivity index is 0.00000220. The van der Waals surface area contributed by atoms with Gasteiger partial charge in [0.2, 0.25) is 0 Å². The monoisotopic (exact) mass is 381 g/mol. The van der Waals surface area contributed by atoms with Crippen LogP contribution in [-0.2, 0) is 13.9 Å². The Bertz CT molecular complexity index is 764. The molecule has 21 heavy (non-hydrogen) atoms. The second-order valence-corrected chi connectivity index (χ2v) is 8.88. The number of hydrogen-bond donors (Lipinski definition) is 3. The molecule has 0 heterocycles. The van der Waals surface area contributed by atoms with Crippen LogP contribution in [0.3, 0.4) is 0 Å². The molecule has 0 saturated heterocycles. The van der Waals surface area contributed by atoms with Crippen LogP contribution < -0.4 is 33.9 Å². The van der Waals surface area contributed by atoms with Crippen LogP contribution in [0.2, 0.25) is 0 Å². The van der Waals surface area contributed by atoms with E-state index in [4.69, 9.17) is 12.7 Å². The molecule has 0 unspecified atom stereocenters. The molecule has 0 radical (unpaired) electrons. The van der Waals surface area contributed by atoms with Crippen LogP contribution >= 0.6 is 0 Å². The van der Waals surface area contributed by atoms with Gasteiger partial charge < -0.3 is 0 Å². The van der Waals surface area contributed by atoms with Crippen molar-refractivity contribution >= 4 is 28.6 Å². The molecule has 2 rings (SSSR count). The molecule has 0 aliphatic carbocycles. The number of hydrogen-bond acceptors (Lipinski definition) is 3. The Morgan fingerprint density at radius 3 is 1.52 bits per heavy atom. The van der Waals surface area contributed by atoms with Crippen molar-refractivity contribution in [1.82, 2.24) is 0 Å². The van der Waals surface area contributed by atoms with E-state index in [2.05, 4.69) is 0 Å². The van der Waals surface area contributed by atoms with Gasteiger partial charge in [-0.2, -0.15) is 0 Å². The van der Waals surface area contributed by atoms with Gasteiger partial charge in [-0.05, 0) is 0 Å². The summed E-state index contributed by atoms with van der Waals surface area (Å²) in [6.07, 6.45) is 0. The van der Waals surface area contributed by atoms with Crippen molar-refractivity contribution in [2.24, 2.45) is 0 Å². The zero-order valence-corrected chi connectivity index (χ0v) is 15.7. The molecule has 0 spiro atoms. The van der Waals surface area contributed by atoms with Crippen LogP contribution in [-0.4, -0.2) is 35.3 Å². The minimum atomic E-state index is -4.89. The van der Waals surface area contributed by atoms with Gasteiger partial charge in [0, 0.05) is 0 Å². The van der Waals surface area contributed by atoms with E-state index in [-0.39, 0.29) is 38.8 Å². The summed E-state index contributed by atoms with van der Waals surface area (Å²) in [7, 11) is -4.23. The van der Waals surface area contributed by atoms with Gasteiger partial charge in [0.1, 0.15) is 0 Å². The van der Waals surface area contributed by atoms with E-state index >= 15 is 0 Å². The molecule has 9 heteroatoms. The molecule has 0 aliphatic heterocycles. The van der Waals surface area contributed by atoms with Crippen LogP contribution in [0.4, 0.5) is 0 Å². The molecule has 0 aromatic heterocycles. The van der Waals surface area contributed by atoms with Crippen molar-refractivity contribution in [2.75, 3.05) is 0 Å². The van der Waals surface area contributed by atoms with E-state index in [0.29, 0.717) is 11.1 Å². The predicted octanol–water partition coefficient (Wildman–Crippen LogP) is -2.83. The Labute approximate surface area is 146 Å². The zero-order chi connectivity index (χ0) is 15.0. The van der Waals surface area contributed by atoms with Crippen molar-refractivity contribution in [3.63, 3.8) is 0 Å². The Morgan fingerprint density at radius 2 is 1.19 bits per heavy atom. The van der Waals surface area contributed by atoms with E-state index in [0.717, 1.165) is 0 Å². The molecule has 0 fully saturated rings. The van der Waals surface area contributed by atoms with Crippen LogP contribution in [0, 0.1) is 0 Å². The Hall–Kier alpha value is -0.372. The second kappa shape index (κ2) is 6.81. The molecule has 2 aromatic carbocycles. The first-order valence-corrected chi connectivity index (χ1v) is 10.2. The fourth-order valence-corrected chi connectivity index (χ4v) is 3.28. The second-order valence-electron chi connectivity index (χ2n) is 4.09. The van der Waals surface area contributed by atoms with Crippen LogP contribution in [0.25, 0.3) is 11.1 Å². The standard InChI is InChI=1S/C12H11AsO6S.Na/c14-13(15,16)11-5-1-9(2-6-11)10-3-7-12(8-4-10)20(17,18)19;/h1-8H,(H2,14,15,16)(H,17,18,19);/q;+1. The fourth-order valence-electron chi connectivity index (χ4n) is 1.67. The Morgan fingerprint density at radius 1 is 0.810 bits per heavy atom. The summed E-state index contributed by atoms with van der Waals surface area (Å²) in [5.74, 6) is 0. The largest absolute Gasteiger partial charge is 1.00 e. The number of rotatable bonds is 3. The summed E-state index contributed by atoms with van der Waals surface area (Å²) < 4.78 is 59.9. The third kappa shape index (κ3) is 4.81. The number of benzene rings is 2. The van der Waals surface area contributed by atoms with Gasteiger partial charge in [-0.25, -0.2) is 0 Å². The maximum atomic E-state index is 11.1. The van der Waals surface area contributed by atoms with Gasteiger partial charge in [0.05, 0.1) is 0 Å². The van der Waals surface area contributed by atoms with E-state index in [1.54, 1.807) is 0 Å². The maximum Gasteiger partial charge on any atom is 1.00 e. The molecule has 0 saturated carbocycles. The summed E-state index contributed by atoms with van der Waals surface area (Å²) in [6.45, 7) is 0. The topological polar surface area (TPSA) is 112 Å². The first-order valence-electron chi connectivity index (χ1n) is 5.42. The molecular weight excluding hydrogens is 370 g/mol. The first-order chi connectivity index (χ1) is 9.18. The van der Waals surface area contributed by atoms with Gasteiger partial charge in [-0.3, -0.25) is 0 Å². The smallest absolute Gasteiger partial charge is 1.00 e. The van der Waals surface area contributed by atoms with Crippen molar-refractivity contribution in [3.8, 4) is 11.1 Å². The normalized spacial score (nSPS) is 11.8. The minimum Gasteiger partial charge on any atom is 1.00 e. The zero-order valence-electron chi connectivity index (χ0n) is 11.0. The van der Waals surface area contributed by atoms with E-state index < -0.39 is 24.3 Å². The van der Waals surface area contributed by atoms with Gasteiger partial charge >= 0.3 is 148 Å². The van der Waals surface area contributed by atoms with Gasteiger partial charge in [0.25, 0.3) is 0 Å². The summed E-state index contributed by atoms with van der Waals surface area (Å²) in [6, 6.07) is 11.3. The van der Waals surface area contributed by atoms with Gasteiger partial charge in [-0.1, -0.05) is 0 Å². The van der Waals surface area contributed by atoms with Crippen LogP contribution in [0.15, 0.2) is 53.4 Å². The molecule has 0 atom stereocenters. The fraction of sp³-hybridized carbons (Fsp3) is 0. The molecule has 0 amide bonds. The molecule has 6 nitrogen and oxygen atoms in total. The first kappa shape index (κ1) is 18.7. The summed E-state index contributed by atoms with van der Waals surface area (Å²) in [5, 5.41) is 0. The Kier molecular flexibility index (Phi) is 6.06. The van der Waals surface area contributed by atoms with Crippen LogP contribution in [0.5, 0.6) is 0 Å². The van der Waals surface area contributed by atoms with E-state index in [1.807, 2.05) is 0 Å². The van der Waals surface area contributed by atoms with Gasteiger partial charge in [0.15, 0.2) is 0 Å². The molecule has 3 N–H and O–H groups in total. The maximum absolute atomic E-state index is 11.1. The van der Waals surface area contributed by atoms with Crippen LogP contribution in [0.1, 0.15) is 0 Å². The quantitative estimate of drug-likeness (QED) is 0.390. The molecule has 106 valence electrons. The molecule has 2 aromatic rings. The van der Waals surface area contributed by atoms with Gasteiger partial charge in [-0.15, -0.1) is 0 Å². The summed E-state index contributed by atoms with van der Waals surface area (Å²) in [5.41, 5.74) is 1.35. The van der Waals surface area contributed by atoms with Crippen molar-refractivity contribution in [1.29, 1.82) is 0 Å². The van der Waals surface area contributed by atoms with Crippen molar-refractivity contribution in [2.45, 2.75) is 4.90 Å². The average Bonchev–Trinajstić information content (AvgIpc) is 2.37. The minimum absolute atomic E-state index is 0. The van der Waals surface area contributed by atoms with Crippen molar-refractivity contribution in [3.05, 3.63) is 48.5 Å².